The summed E-state index contributed by atoms with van der Waals surface area (Å²) in [6.45, 7) is 3.88. The SMILES string of the molecule is CCCC[C@H]1C[C@]1(C#N)C(=O)N1CCCC1. The Hall–Kier alpha value is -1.04. The predicted molar refractivity (Wildman–Crippen MR) is 61.5 cm³/mol. The summed E-state index contributed by atoms with van der Waals surface area (Å²) in [5.41, 5.74) is -0.625. The van der Waals surface area contributed by atoms with Gasteiger partial charge in [0.05, 0.1) is 6.07 Å². The second-order valence-corrected chi connectivity index (χ2v) is 5.13. The maximum atomic E-state index is 12.2. The van der Waals surface area contributed by atoms with E-state index in [1.165, 1.54) is 0 Å². The molecule has 1 amide bonds. The molecule has 2 aliphatic rings. The normalized spacial score (nSPS) is 32.5. The van der Waals surface area contributed by atoms with Crippen LogP contribution in [0.1, 0.15) is 45.4 Å². The van der Waals surface area contributed by atoms with Gasteiger partial charge in [0.1, 0.15) is 5.41 Å². The molecule has 2 atom stereocenters. The van der Waals surface area contributed by atoms with Crippen LogP contribution < -0.4 is 0 Å². The van der Waals surface area contributed by atoms with Gasteiger partial charge in [0, 0.05) is 13.1 Å². The molecule has 88 valence electrons. The average Bonchev–Trinajstić information content (AvgIpc) is 2.75. The summed E-state index contributed by atoms with van der Waals surface area (Å²) in [7, 11) is 0. The number of amides is 1. The Morgan fingerprint density at radius 2 is 2.19 bits per heavy atom. The first-order chi connectivity index (χ1) is 7.74. The fourth-order valence-corrected chi connectivity index (χ4v) is 2.78. The van der Waals surface area contributed by atoms with Crippen LogP contribution in [0.2, 0.25) is 0 Å². The first-order valence-electron chi connectivity index (χ1n) is 6.45. The van der Waals surface area contributed by atoms with Crippen molar-refractivity contribution in [1.29, 1.82) is 5.26 Å². The van der Waals surface area contributed by atoms with E-state index in [-0.39, 0.29) is 5.91 Å². The van der Waals surface area contributed by atoms with Crippen LogP contribution in [0.4, 0.5) is 0 Å². The van der Waals surface area contributed by atoms with Gasteiger partial charge in [0.2, 0.25) is 5.91 Å². The lowest BCUT2D eigenvalue weighted by atomic mass is 10.0. The van der Waals surface area contributed by atoms with Crippen molar-refractivity contribution in [2.24, 2.45) is 11.3 Å². The average molecular weight is 220 g/mol. The van der Waals surface area contributed by atoms with Gasteiger partial charge in [-0.15, -0.1) is 0 Å². The standard InChI is InChI=1S/C13H20N2O/c1-2-3-6-11-9-13(11,10-14)12(16)15-7-4-5-8-15/h11H,2-9H2,1H3/t11-,13+/m0/s1. The molecule has 2 rings (SSSR count). The van der Waals surface area contributed by atoms with Crippen LogP contribution >= 0.6 is 0 Å². The Kier molecular flexibility index (Phi) is 3.18. The van der Waals surface area contributed by atoms with Gasteiger partial charge in [0.25, 0.3) is 0 Å². The molecule has 2 fully saturated rings. The van der Waals surface area contributed by atoms with Crippen molar-refractivity contribution in [3.05, 3.63) is 0 Å². The minimum Gasteiger partial charge on any atom is -0.341 e. The Labute approximate surface area is 97.4 Å². The predicted octanol–water partition coefficient (Wildman–Crippen LogP) is 2.33. The van der Waals surface area contributed by atoms with Gasteiger partial charge in [-0.3, -0.25) is 4.79 Å². The fourth-order valence-electron chi connectivity index (χ4n) is 2.78. The summed E-state index contributed by atoms with van der Waals surface area (Å²) >= 11 is 0. The topological polar surface area (TPSA) is 44.1 Å². The molecule has 0 unspecified atom stereocenters. The van der Waals surface area contributed by atoms with Crippen molar-refractivity contribution in [2.45, 2.75) is 45.4 Å². The summed E-state index contributed by atoms with van der Waals surface area (Å²) < 4.78 is 0. The maximum Gasteiger partial charge on any atom is 0.243 e. The molecule has 1 aliphatic heterocycles. The minimum absolute atomic E-state index is 0.119. The summed E-state index contributed by atoms with van der Waals surface area (Å²) in [5, 5.41) is 9.26. The molecule has 0 aromatic heterocycles. The van der Waals surface area contributed by atoms with Gasteiger partial charge in [-0.25, -0.2) is 0 Å². The second kappa shape index (κ2) is 4.45. The molecule has 0 bridgehead atoms. The highest BCUT2D eigenvalue weighted by atomic mass is 16.2. The molecule has 0 spiro atoms. The summed E-state index contributed by atoms with van der Waals surface area (Å²) in [6.07, 6.45) is 6.35. The van der Waals surface area contributed by atoms with Crippen LogP contribution in [0.25, 0.3) is 0 Å². The summed E-state index contributed by atoms with van der Waals surface area (Å²) in [4.78, 5) is 14.1. The van der Waals surface area contributed by atoms with Gasteiger partial charge in [-0.2, -0.15) is 5.26 Å². The number of carbonyl (C=O) groups is 1. The van der Waals surface area contributed by atoms with Crippen LogP contribution in [0.5, 0.6) is 0 Å². The van der Waals surface area contributed by atoms with Gasteiger partial charge in [-0.05, 0) is 31.6 Å². The van der Waals surface area contributed by atoms with Crippen molar-refractivity contribution < 1.29 is 4.79 Å². The zero-order chi connectivity index (χ0) is 11.6. The highest BCUT2D eigenvalue weighted by molar-refractivity contribution is 5.89. The van der Waals surface area contributed by atoms with Crippen molar-refractivity contribution in [1.82, 2.24) is 4.90 Å². The second-order valence-electron chi connectivity index (χ2n) is 5.13. The Balaban J connectivity index is 1.96. The van der Waals surface area contributed by atoms with E-state index in [9.17, 15) is 10.1 Å². The number of likely N-dealkylation sites (tertiary alicyclic amines) is 1. The van der Waals surface area contributed by atoms with Crippen LogP contribution in [0, 0.1) is 22.7 Å². The smallest absolute Gasteiger partial charge is 0.243 e. The van der Waals surface area contributed by atoms with Crippen molar-refractivity contribution in [2.75, 3.05) is 13.1 Å². The molecule has 1 saturated heterocycles. The first kappa shape index (κ1) is 11.4. The van der Waals surface area contributed by atoms with Crippen molar-refractivity contribution in [3.63, 3.8) is 0 Å². The largest absolute Gasteiger partial charge is 0.341 e. The van der Waals surface area contributed by atoms with E-state index in [4.69, 9.17) is 0 Å². The Bertz CT molecular complexity index is 314. The van der Waals surface area contributed by atoms with Crippen LogP contribution in [-0.2, 0) is 4.79 Å². The molecule has 1 saturated carbocycles. The fraction of sp³-hybridized carbons (Fsp3) is 0.846. The number of carbonyl (C=O) groups excluding carboxylic acids is 1. The van der Waals surface area contributed by atoms with Crippen LogP contribution in [0.15, 0.2) is 0 Å². The number of nitriles is 1. The highest BCUT2D eigenvalue weighted by Gasteiger charge is 2.61. The van der Waals surface area contributed by atoms with E-state index < -0.39 is 5.41 Å². The van der Waals surface area contributed by atoms with E-state index in [2.05, 4.69) is 13.0 Å². The molecule has 16 heavy (non-hydrogen) atoms. The maximum absolute atomic E-state index is 12.2. The molecule has 3 nitrogen and oxygen atoms in total. The van der Waals surface area contributed by atoms with Crippen molar-refractivity contribution >= 4 is 5.91 Å². The number of hydrogen-bond donors (Lipinski definition) is 0. The quantitative estimate of drug-likeness (QED) is 0.729. The molecule has 1 aliphatic carbocycles. The zero-order valence-electron chi connectivity index (χ0n) is 10.0. The van der Waals surface area contributed by atoms with E-state index in [0.29, 0.717) is 5.92 Å². The van der Waals surface area contributed by atoms with Crippen LogP contribution in [0.3, 0.4) is 0 Å². The van der Waals surface area contributed by atoms with Gasteiger partial charge in [-0.1, -0.05) is 19.8 Å². The molecular weight excluding hydrogens is 200 g/mol. The lowest BCUT2D eigenvalue weighted by molar-refractivity contribution is -0.134. The van der Waals surface area contributed by atoms with Crippen molar-refractivity contribution in [3.8, 4) is 6.07 Å². The molecular formula is C13H20N2O. The van der Waals surface area contributed by atoms with E-state index in [1.54, 1.807) is 0 Å². The first-order valence-corrected chi connectivity index (χ1v) is 6.45. The minimum atomic E-state index is -0.625. The molecule has 0 radical (unpaired) electrons. The monoisotopic (exact) mass is 220 g/mol. The molecule has 0 aromatic rings. The number of rotatable bonds is 4. The molecule has 0 aromatic carbocycles. The number of hydrogen-bond acceptors (Lipinski definition) is 2. The Morgan fingerprint density at radius 1 is 1.50 bits per heavy atom. The highest BCUT2D eigenvalue weighted by Crippen LogP contribution is 2.56. The molecule has 1 heterocycles. The van der Waals surface area contributed by atoms with E-state index >= 15 is 0 Å². The van der Waals surface area contributed by atoms with E-state index in [1.807, 2.05) is 4.90 Å². The summed E-state index contributed by atoms with van der Waals surface area (Å²) in [5.74, 6) is 0.458. The zero-order valence-corrected chi connectivity index (χ0v) is 10.0. The number of nitrogens with zero attached hydrogens (tertiary/aromatic N) is 2. The lowest BCUT2D eigenvalue weighted by Crippen LogP contribution is -2.35. The van der Waals surface area contributed by atoms with Gasteiger partial charge < -0.3 is 4.90 Å². The third-order valence-electron chi connectivity index (χ3n) is 3.99. The third-order valence-corrected chi connectivity index (χ3v) is 3.99. The summed E-state index contributed by atoms with van der Waals surface area (Å²) in [6, 6.07) is 2.30. The molecule has 0 N–H and O–H groups in total. The lowest BCUT2D eigenvalue weighted by Gasteiger charge is -2.19. The Morgan fingerprint density at radius 3 is 2.75 bits per heavy atom. The number of unbranched alkanes of at least 4 members (excludes halogenated alkanes) is 1. The van der Waals surface area contributed by atoms with E-state index in [0.717, 1.165) is 51.6 Å². The van der Waals surface area contributed by atoms with Gasteiger partial charge in [0.15, 0.2) is 0 Å². The van der Waals surface area contributed by atoms with Gasteiger partial charge >= 0.3 is 0 Å². The van der Waals surface area contributed by atoms with Crippen LogP contribution in [-0.4, -0.2) is 23.9 Å². The molecule has 3 heteroatoms. The third kappa shape index (κ3) is 1.81.